The van der Waals surface area contributed by atoms with Crippen molar-refractivity contribution in [2.45, 2.75) is 51.9 Å². The van der Waals surface area contributed by atoms with Crippen molar-refractivity contribution in [3.63, 3.8) is 0 Å². The van der Waals surface area contributed by atoms with E-state index in [1.54, 1.807) is 31.2 Å². The molecule has 5 heteroatoms. The maximum atomic E-state index is 12.7. The van der Waals surface area contributed by atoms with Crippen LogP contribution in [0.1, 0.15) is 44.4 Å². The molecule has 0 spiro atoms. The van der Waals surface area contributed by atoms with E-state index in [0.29, 0.717) is 17.2 Å². The van der Waals surface area contributed by atoms with Crippen LogP contribution in [0.25, 0.3) is 0 Å². The molecule has 0 saturated carbocycles. The van der Waals surface area contributed by atoms with E-state index in [-0.39, 0.29) is 17.6 Å². The molecule has 0 radical (unpaired) electrons. The molecular weight excluding hydrogens is 350 g/mol. The zero-order valence-corrected chi connectivity index (χ0v) is 16.3. The number of rotatable bonds is 4. The number of nitrogens with one attached hydrogen (secondary N) is 1. The zero-order valence-electron chi connectivity index (χ0n) is 15.5. The Balaban J connectivity index is 1.75. The van der Waals surface area contributed by atoms with Gasteiger partial charge in [-0.15, -0.1) is 0 Å². The average Bonchev–Trinajstić information content (AvgIpc) is 2.54. The molecule has 138 valence electrons. The van der Waals surface area contributed by atoms with Gasteiger partial charge in [0, 0.05) is 17.0 Å². The van der Waals surface area contributed by atoms with Crippen LogP contribution in [0.5, 0.6) is 11.5 Å². The molecule has 0 aromatic heterocycles. The van der Waals surface area contributed by atoms with Crippen LogP contribution in [0.4, 0.5) is 0 Å². The summed E-state index contributed by atoms with van der Waals surface area (Å²) in [5.74, 6) is 1.23. The maximum absolute atomic E-state index is 12.7. The number of aryl methyl sites for hydroxylation is 1. The summed E-state index contributed by atoms with van der Waals surface area (Å²) in [6, 6.07) is 13.0. The van der Waals surface area contributed by atoms with Crippen molar-refractivity contribution < 1.29 is 14.3 Å². The molecule has 2 aromatic rings. The largest absolute Gasteiger partial charge is 0.487 e. The van der Waals surface area contributed by atoms with Gasteiger partial charge in [0.2, 0.25) is 0 Å². The van der Waals surface area contributed by atoms with Gasteiger partial charge in [-0.25, -0.2) is 0 Å². The van der Waals surface area contributed by atoms with Gasteiger partial charge in [0.15, 0.2) is 6.10 Å². The van der Waals surface area contributed by atoms with Crippen molar-refractivity contribution in [3.05, 3.63) is 58.6 Å². The number of benzene rings is 2. The van der Waals surface area contributed by atoms with Crippen molar-refractivity contribution in [1.29, 1.82) is 0 Å². The molecule has 2 aromatic carbocycles. The summed E-state index contributed by atoms with van der Waals surface area (Å²) in [7, 11) is 0. The van der Waals surface area contributed by atoms with Crippen LogP contribution in [0.2, 0.25) is 5.02 Å². The fourth-order valence-corrected chi connectivity index (χ4v) is 3.37. The molecule has 1 amide bonds. The van der Waals surface area contributed by atoms with Crippen molar-refractivity contribution in [3.8, 4) is 11.5 Å². The number of hydrogen-bond acceptors (Lipinski definition) is 3. The SMILES string of the molecule is Cc1ccc2c(c1)[C@H](NC(=O)[C@@H](C)Oc1cccc(Cl)c1)CC(C)(C)O2. The Labute approximate surface area is 159 Å². The molecule has 0 unspecified atom stereocenters. The van der Waals surface area contributed by atoms with Crippen molar-refractivity contribution in [2.75, 3.05) is 0 Å². The number of halogens is 1. The van der Waals surface area contributed by atoms with Gasteiger partial charge in [-0.05, 0) is 52.0 Å². The van der Waals surface area contributed by atoms with E-state index in [9.17, 15) is 4.79 Å². The smallest absolute Gasteiger partial charge is 0.261 e. The molecule has 0 fully saturated rings. The predicted octanol–water partition coefficient (Wildman–Crippen LogP) is 4.83. The Morgan fingerprint density at radius 2 is 2.08 bits per heavy atom. The Morgan fingerprint density at radius 1 is 1.31 bits per heavy atom. The number of carbonyl (C=O) groups is 1. The third-order valence-corrected chi connectivity index (χ3v) is 4.65. The Morgan fingerprint density at radius 3 is 2.81 bits per heavy atom. The number of carbonyl (C=O) groups excluding carboxylic acids is 1. The van der Waals surface area contributed by atoms with Crippen LogP contribution < -0.4 is 14.8 Å². The molecule has 2 atom stereocenters. The average molecular weight is 374 g/mol. The maximum Gasteiger partial charge on any atom is 0.261 e. The van der Waals surface area contributed by atoms with E-state index in [1.165, 1.54) is 0 Å². The van der Waals surface area contributed by atoms with Gasteiger partial charge in [0.05, 0.1) is 6.04 Å². The lowest BCUT2D eigenvalue weighted by Crippen LogP contribution is -2.44. The Hall–Kier alpha value is -2.20. The van der Waals surface area contributed by atoms with Gasteiger partial charge < -0.3 is 14.8 Å². The first-order valence-corrected chi connectivity index (χ1v) is 9.13. The first-order valence-electron chi connectivity index (χ1n) is 8.76. The molecule has 1 aliphatic rings. The summed E-state index contributed by atoms with van der Waals surface area (Å²) in [6.07, 6.45) is 0.0618. The van der Waals surface area contributed by atoms with Gasteiger partial charge in [-0.1, -0.05) is 35.4 Å². The predicted molar refractivity (Wildman–Crippen MR) is 103 cm³/mol. The van der Waals surface area contributed by atoms with E-state index in [0.717, 1.165) is 16.9 Å². The van der Waals surface area contributed by atoms with E-state index < -0.39 is 6.10 Å². The first kappa shape index (κ1) is 18.6. The molecule has 1 heterocycles. The second kappa shape index (κ2) is 7.20. The first-order chi connectivity index (χ1) is 12.2. The topological polar surface area (TPSA) is 47.6 Å². The van der Waals surface area contributed by atoms with Crippen LogP contribution in [0.3, 0.4) is 0 Å². The molecule has 0 bridgehead atoms. The second-order valence-electron chi connectivity index (χ2n) is 7.39. The minimum Gasteiger partial charge on any atom is -0.487 e. The van der Waals surface area contributed by atoms with Crippen LogP contribution >= 0.6 is 11.6 Å². The van der Waals surface area contributed by atoms with Crippen LogP contribution in [0.15, 0.2) is 42.5 Å². The van der Waals surface area contributed by atoms with E-state index >= 15 is 0 Å². The van der Waals surface area contributed by atoms with Crippen molar-refractivity contribution in [2.24, 2.45) is 0 Å². The van der Waals surface area contributed by atoms with E-state index in [4.69, 9.17) is 21.1 Å². The van der Waals surface area contributed by atoms with Gasteiger partial charge in [-0.2, -0.15) is 0 Å². The highest BCUT2D eigenvalue weighted by Gasteiger charge is 2.35. The Bertz CT molecular complexity index is 819. The van der Waals surface area contributed by atoms with E-state index in [1.807, 2.05) is 32.9 Å². The van der Waals surface area contributed by atoms with Gasteiger partial charge in [0.1, 0.15) is 17.1 Å². The van der Waals surface area contributed by atoms with Gasteiger partial charge >= 0.3 is 0 Å². The van der Waals surface area contributed by atoms with Crippen molar-refractivity contribution in [1.82, 2.24) is 5.32 Å². The molecule has 1 aliphatic heterocycles. The third-order valence-electron chi connectivity index (χ3n) is 4.42. The Kier molecular flexibility index (Phi) is 5.15. The lowest BCUT2D eigenvalue weighted by atomic mass is 9.89. The highest BCUT2D eigenvalue weighted by molar-refractivity contribution is 6.30. The summed E-state index contributed by atoms with van der Waals surface area (Å²) in [5.41, 5.74) is 1.79. The monoisotopic (exact) mass is 373 g/mol. The molecule has 3 rings (SSSR count). The molecule has 0 aliphatic carbocycles. The standard InChI is InChI=1S/C21H24ClNO3/c1-13-8-9-19-17(10-13)18(12-21(3,4)26-19)23-20(24)14(2)25-16-7-5-6-15(22)11-16/h5-11,14,18H,12H2,1-4H3,(H,23,24)/t14-,18-/m1/s1. The second-order valence-corrected chi connectivity index (χ2v) is 7.82. The van der Waals surface area contributed by atoms with E-state index in [2.05, 4.69) is 11.4 Å². The number of hydrogen-bond donors (Lipinski definition) is 1. The summed E-state index contributed by atoms with van der Waals surface area (Å²) in [5, 5.41) is 3.69. The van der Waals surface area contributed by atoms with Crippen molar-refractivity contribution >= 4 is 17.5 Å². The lowest BCUT2D eigenvalue weighted by Gasteiger charge is -2.38. The molecular formula is C21H24ClNO3. The third kappa shape index (κ3) is 4.31. The molecule has 1 N–H and O–H groups in total. The summed E-state index contributed by atoms with van der Waals surface area (Å²) in [6.45, 7) is 7.82. The quantitative estimate of drug-likeness (QED) is 0.834. The highest BCUT2D eigenvalue weighted by Crippen LogP contribution is 2.39. The molecule has 4 nitrogen and oxygen atoms in total. The highest BCUT2D eigenvalue weighted by atomic mass is 35.5. The lowest BCUT2D eigenvalue weighted by molar-refractivity contribution is -0.128. The van der Waals surface area contributed by atoms with Crippen LogP contribution in [-0.2, 0) is 4.79 Å². The molecule has 26 heavy (non-hydrogen) atoms. The summed E-state index contributed by atoms with van der Waals surface area (Å²) in [4.78, 5) is 12.7. The fourth-order valence-electron chi connectivity index (χ4n) is 3.19. The minimum atomic E-state index is -0.632. The zero-order chi connectivity index (χ0) is 18.9. The van der Waals surface area contributed by atoms with Gasteiger partial charge in [0.25, 0.3) is 5.91 Å². The fraction of sp³-hybridized carbons (Fsp3) is 0.381. The van der Waals surface area contributed by atoms with Gasteiger partial charge in [-0.3, -0.25) is 4.79 Å². The number of fused-ring (bicyclic) bond motifs is 1. The summed E-state index contributed by atoms with van der Waals surface area (Å²) < 4.78 is 11.8. The summed E-state index contributed by atoms with van der Waals surface area (Å²) >= 11 is 5.97. The minimum absolute atomic E-state index is 0.119. The normalized spacial score (nSPS) is 19.0. The molecule has 0 saturated heterocycles. The number of amides is 1. The number of ether oxygens (including phenoxy) is 2. The van der Waals surface area contributed by atoms with Crippen LogP contribution in [0, 0.1) is 6.92 Å². The van der Waals surface area contributed by atoms with Crippen LogP contribution in [-0.4, -0.2) is 17.6 Å².